The SMILES string of the molecule is COC(=O)C1CCN1CCS(=O)(=O)N(C)C. The minimum atomic E-state index is -3.19. The molecular formula is C9H18N2O4S. The van der Waals surface area contributed by atoms with E-state index >= 15 is 0 Å². The molecule has 0 aliphatic carbocycles. The van der Waals surface area contributed by atoms with E-state index in [1.54, 1.807) is 0 Å². The van der Waals surface area contributed by atoms with Crippen LogP contribution in [0.5, 0.6) is 0 Å². The summed E-state index contributed by atoms with van der Waals surface area (Å²) in [6.07, 6.45) is 0.745. The van der Waals surface area contributed by atoms with Gasteiger partial charge in [-0.05, 0) is 6.42 Å². The average Bonchev–Trinajstić information content (AvgIpc) is 2.15. The molecule has 0 aromatic rings. The minimum Gasteiger partial charge on any atom is -0.468 e. The van der Waals surface area contributed by atoms with Crippen LogP contribution in [0.1, 0.15) is 6.42 Å². The van der Waals surface area contributed by atoms with E-state index in [1.165, 1.54) is 25.5 Å². The van der Waals surface area contributed by atoms with Gasteiger partial charge in [0, 0.05) is 27.2 Å². The summed E-state index contributed by atoms with van der Waals surface area (Å²) in [5, 5.41) is 0. The monoisotopic (exact) mass is 250 g/mol. The van der Waals surface area contributed by atoms with Crippen LogP contribution >= 0.6 is 0 Å². The Morgan fingerprint density at radius 1 is 1.50 bits per heavy atom. The number of rotatable bonds is 5. The fourth-order valence-electron chi connectivity index (χ4n) is 1.53. The summed E-state index contributed by atoms with van der Waals surface area (Å²) in [4.78, 5) is 13.1. The largest absolute Gasteiger partial charge is 0.468 e. The highest BCUT2D eigenvalue weighted by Crippen LogP contribution is 2.18. The van der Waals surface area contributed by atoms with Crippen molar-refractivity contribution in [1.29, 1.82) is 0 Å². The number of hydrogen-bond acceptors (Lipinski definition) is 5. The highest BCUT2D eigenvalue weighted by Gasteiger charge is 2.35. The Morgan fingerprint density at radius 3 is 2.50 bits per heavy atom. The van der Waals surface area contributed by atoms with Crippen LogP contribution in [-0.4, -0.2) is 69.7 Å². The fraction of sp³-hybridized carbons (Fsp3) is 0.889. The molecule has 0 aromatic heterocycles. The topological polar surface area (TPSA) is 66.9 Å². The molecule has 1 aliphatic heterocycles. The molecule has 6 nitrogen and oxygen atoms in total. The van der Waals surface area contributed by atoms with Gasteiger partial charge in [-0.1, -0.05) is 0 Å². The van der Waals surface area contributed by atoms with Crippen molar-refractivity contribution in [2.24, 2.45) is 0 Å². The number of ether oxygens (including phenoxy) is 1. The zero-order valence-electron chi connectivity index (χ0n) is 9.84. The molecule has 1 unspecified atom stereocenters. The summed E-state index contributed by atoms with van der Waals surface area (Å²) in [5.74, 6) is -0.249. The quantitative estimate of drug-likeness (QED) is 0.593. The molecule has 0 radical (unpaired) electrons. The van der Waals surface area contributed by atoms with Gasteiger partial charge < -0.3 is 4.74 Å². The zero-order valence-corrected chi connectivity index (χ0v) is 10.7. The summed E-state index contributed by atoms with van der Waals surface area (Å²) < 4.78 is 28.8. The second kappa shape index (κ2) is 5.11. The highest BCUT2D eigenvalue weighted by molar-refractivity contribution is 7.89. The maximum atomic E-state index is 11.5. The van der Waals surface area contributed by atoms with Crippen molar-refractivity contribution in [3.05, 3.63) is 0 Å². The van der Waals surface area contributed by atoms with Crippen molar-refractivity contribution in [3.8, 4) is 0 Å². The Balaban J connectivity index is 2.43. The van der Waals surface area contributed by atoms with Crippen LogP contribution in [0.3, 0.4) is 0 Å². The van der Waals surface area contributed by atoms with E-state index in [0.717, 1.165) is 13.0 Å². The second-order valence-electron chi connectivity index (χ2n) is 3.96. The zero-order chi connectivity index (χ0) is 12.3. The first-order valence-corrected chi connectivity index (χ1v) is 6.71. The second-order valence-corrected chi connectivity index (χ2v) is 6.26. The lowest BCUT2D eigenvalue weighted by molar-refractivity contribution is -0.151. The van der Waals surface area contributed by atoms with Gasteiger partial charge in [0.25, 0.3) is 0 Å². The Hall–Kier alpha value is -0.660. The van der Waals surface area contributed by atoms with E-state index in [4.69, 9.17) is 0 Å². The van der Waals surface area contributed by atoms with Crippen LogP contribution in [0.4, 0.5) is 0 Å². The Morgan fingerprint density at radius 2 is 2.12 bits per heavy atom. The predicted octanol–water partition coefficient (Wildman–Crippen LogP) is -0.875. The molecule has 16 heavy (non-hydrogen) atoms. The van der Waals surface area contributed by atoms with Crippen LogP contribution in [0.25, 0.3) is 0 Å². The Bertz CT molecular complexity index is 353. The normalized spacial score (nSPS) is 21.9. The third kappa shape index (κ3) is 2.93. The van der Waals surface area contributed by atoms with E-state index in [9.17, 15) is 13.2 Å². The van der Waals surface area contributed by atoms with Crippen molar-refractivity contribution in [2.75, 3.05) is 40.0 Å². The lowest BCUT2D eigenvalue weighted by atomic mass is 10.0. The van der Waals surface area contributed by atoms with Crippen molar-refractivity contribution in [3.63, 3.8) is 0 Å². The van der Waals surface area contributed by atoms with Crippen LogP contribution in [0.15, 0.2) is 0 Å². The molecule has 0 bridgehead atoms. The summed E-state index contributed by atoms with van der Waals surface area (Å²) in [5.41, 5.74) is 0. The van der Waals surface area contributed by atoms with E-state index in [1.807, 2.05) is 4.90 Å². The van der Waals surface area contributed by atoms with Gasteiger partial charge in [0.2, 0.25) is 10.0 Å². The van der Waals surface area contributed by atoms with Gasteiger partial charge in [-0.15, -0.1) is 0 Å². The number of hydrogen-bond donors (Lipinski definition) is 0. The molecule has 1 saturated heterocycles. The maximum Gasteiger partial charge on any atom is 0.323 e. The van der Waals surface area contributed by atoms with Crippen molar-refractivity contribution in [1.82, 2.24) is 9.21 Å². The molecule has 0 saturated carbocycles. The summed E-state index contributed by atoms with van der Waals surface area (Å²) >= 11 is 0. The van der Waals surface area contributed by atoms with E-state index < -0.39 is 10.0 Å². The predicted molar refractivity (Wildman–Crippen MR) is 59.5 cm³/mol. The molecule has 0 N–H and O–H groups in total. The molecule has 94 valence electrons. The highest BCUT2D eigenvalue weighted by atomic mass is 32.2. The van der Waals surface area contributed by atoms with Crippen LogP contribution in [0, 0.1) is 0 Å². The third-order valence-electron chi connectivity index (χ3n) is 2.80. The van der Waals surface area contributed by atoms with E-state index in [2.05, 4.69) is 4.74 Å². The summed E-state index contributed by atoms with van der Waals surface area (Å²) in [6, 6.07) is -0.262. The molecule has 1 fully saturated rings. The molecular weight excluding hydrogens is 232 g/mol. The molecule has 1 atom stereocenters. The molecule has 1 aliphatic rings. The van der Waals surface area contributed by atoms with Gasteiger partial charge in [0.15, 0.2) is 0 Å². The number of likely N-dealkylation sites (tertiary alicyclic amines) is 1. The van der Waals surface area contributed by atoms with Crippen LogP contribution < -0.4 is 0 Å². The lowest BCUT2D eigenvalue weighted by Gasteiger charge is -2.38. The van der Waals surface area contributed by atoms with Crippen molar-refractivity contribution < 1.29 is 17.9 Å². The first-order valence-electron chi connectivity index (χ1n) is 5.10. The third-order valence-corrected chi connectivity index (χ3v) is 4.61. The van der Waals surface area contributed by atoms with Crippen molar-refractivity contribution in [2.45, 2.75) is 12.5 Å². The van der Waals surface area contributed by atoms with Gasteiger partial charge in [-0.25, -0.2) is 12.7 Å². The van der Waals surface area contributed by atoms with Crippen LogP contribution in [-0.2, 0) is 19.6 Å². The molecule has 0 aromatic carbocycles. The summed E-state index contributed by atoms with van der Waals surface area (Å²) in [7, 11) is 1.16. The number of esters is 1. The fourth-order valence-corrected chi connectivity index (χ4v) is 2.36. The van der Waals surface area contributed by atoms with E-state index in [0.29, 0.717) is 6.54 Å². The number of carbonyl (C=O) groups is 1. The van der Waals surface area contributed by atoms with Gasteiger partial charge in [0.05, 0.1) is 12.9 Å². The van der Waals surface area contributed by atoms with Gasteiger partial charge in [-0.2, -0.15) is 0 Å². The number of methoxy groups -OCH3 is 1. The number of nitrogens with zero attached hydrogens (tertiary/aromatic N) is 2. The standard InChI is InChI=1S/C9H18N2O4S/c1-10(2)16(13,14)7-6-11-5-4-8(11)9(12)15-3/h8H,4-7H2,1-3H3. The van der Waals surface area contributed by atoms with Gasteiger partial charge in [-0.3, -0.25) is 9.69 Å². The first-order chi connectivity index (χ1) is 7.38. The van der Waals surface area contributed by atoms with Gasteiger partial charge >= 0.3 is 5.97 Å². The van der Waals surface area contributed by atoms with E-state index in [-0.39, 0.29) is 17.8 Å². The smallest absolute Gasteiger partial charge is 0.323 e. The average molecular weight is 250 g/mol. The Labute approximate surface area is 96.2 Å². The number of carbonyl (C=O) groups excluding carboxylic acids is 1. The lowest BCUT2D eigenvalue weighted by Crippen LogP contribution is -2.54. The molecule has 1 heterocycles. The Kier molecular flexibility index (Phi) is 4.28. The minimum absolute atomic E-state index is 0.0352. The summed E-state index contributed by atoms with van der Waals surface area (Å²) in [6.45, 7) is 1.13. The van der Waals surface area contributed by atoms with Crippen LogP contribution in [0.2, 0.25) is 0 Å². The molecule has 0 spiro atoms. The molecule has 7 heteroatoms. The van der Waals surface area contributed by atoms with Crippen molar-refractivity contribution >= 4 is 16.0 Å². The number of sulfonamides is 1. The molecule has 0 amide bonds. The first kappa shape index (κ1) is 13.4. The maximum absolute atomic E-state index is 11.5. The van der Waals surface area contributed by atoms with Gasteiger partial charge in [0.1, 0.15) is 6.04 Å². The molecule has 1 rings (SSSR count).